The molecular weight excluding hydrogens is 539 g/mol. The summed E-state index contributed by atoms with van der Waals surface area (Å²) in [6, 6.07) is 8.04. The quantitative estimate of drug-likeness (QED) is 0.364. The Morgan fingerprint density at radius 1 is 1.13 bits per heavy atom. The molecule has 4 heterocycles. The molecule has 3 aliphatic heterocycles. The van der Waals surface area contributed by atoms with E-state index in [1.54, 1.807) is 18.2 Å². The number of amides is 1. The third-order valence-electron chi connectivity index (χ3n) is 6.83. The number of benzene rings is 2. The lowest BCUT2D eigenvalue weighted by Crippen LogP contribution is -2.43. The molecular formula is C25H24F3N5O5S. The van der Waals surface area contributed by atoms with Crippen LogP contribution >= 0.6 is 10.8 Å². The normalized spacial score (nSPS) is 21.2. The number of aryl methyl sites for hydroxylation is 1. The lowest BCUT2D eigenvalue weighted by molar-refractivity contribution is -0.114. The van der Waals surface area contributed by atoms with Crippen LogP contribution in [0.25, 0.3) is 0 Å². The van der Waals surface area contributed by atoms with E-state index >= 15 is 0 Å². The van der Waals surface area contributed by atoms with Gasteiger partial charge in [0.05, 0.1) is 41.5 Å². The second kappa shape index (κ2) is 10.3. The van der Waals surface area contributed by atoms with Crippen molar-refractivity contribution in [2.75, 3.05) is 31.5 Å². The third kappa shape index (κ3) is 4.56. The Balaban J connectivity index is 1.23. The first-order valence-electron chi connectivity index (χ1n) is 12.3. The second-order valence-corrected chi connectivity index (χ2v) is 11.6. The van der Waals surface area contributed by atoms with E-state index in [0.717, 1.165) is 25.0 Å². The fourth-order valence-corrected chi connectivity index (χ4v) is 7.51. The van der Waals surface area contributed by atoms with Crippen LogP contribution in [0.5, 0.6) is 5.75 Å². The van der Waals surface area contributed by atoms with Gasteiger partial charge in [0.25, 0.3) is 11.7 Å². The van der Waals surface area contributed by atoms with Gasteiger partial charge in [0.1, 0.15) is 24.8 Å². The van der Waals surface area contributed by atoms with Crippen molar-refractivity contribution in [2.24, 2.45) is 0 Å². The molecule has 1 unspecified atom stereocenters. The molecule has 2 aromatic carbocycles. The Morgan fingerprint density at radius 2 is 1.97 bits per heavy atom. The Bertz CT molecular complexity index is 1430. The van der Waals surface area contributed by atoms with Crippen molar-refractivity contribution >= 4 is 28.2 Å². The number of anilines is 1. The van der Waals surface area contributed by atoms with Crippen LogP contribution in [0.15, 0.2) is 47.5 Å². The van der Waals surface area contributed by atoms with Crippen molar-refractivity contribution in [3.8, 4) is 5.75 Å². The summed E-state index contributed by atoms with van der Waals surface area (Å²) in [5, 5.41) is 7.79. The Labute approximate surface area is 223 Å². The number of ether oxygens (including phenoxy) is 1. The molecule has 206 valence electrons. The highest BCUT2D eigenvalue weighted by Gasteiger charge is 2.46. The smallest absolute Gasteiger partial charge is 0.299 e. The minimum Gasteiger partial charge on any atom is -0.489 e. The second-order valence-electron chi connectivity index (χ2n) is 9.21. The molecule has 10 nitrogen and oxygen atoms in total. The molecule has 3 aliphatic rings. The zero-order valence-electron chi connectivity index (χ0n) is 20.6. The number of alkyl halides is 1. The molecule has 0 aliphatic carbocycles. The van der Waals surface area contributed by atoms with Crippen molar-refractivity contribution in [1.82, 2.24) is 19.3 Å². The molecule has 2 saturated heterocycles. The van der Waals surface area contributed by atoms with Crippen LogP contribution in [0.2, 0.25) is 0 Å². The summed E-state index contributed by atoms with van der Waals surface area (Å²) in [6.07, 6.45) is 3.09. The Kier molecular flexibility index (Phi) is 6.79. The van der Waals surface area contributed by atoms with E-state index in [4.69, 9.17) is 13.1 Å². The molecule has 1 amide bonds. The third-order valence-corrected chi connectivity index (χ3v) is 9.61. The minimum atomic E-state index is -2.41. The highest BCUT2D eigenvalue weighted by Crippen LogP contribution is 2.68. The molecule has 1 atom stereocenters. The molecule has 14 heteroatoms. The maximum absolute atomic E-state index is 14.1. The number of fused-ring (bicyclic) bond motifs is 1. The SMILES string of the molecule is O=C1C(=O)N(Cc2cn(CCF)nn2)c2ccc(S3(N4CCCC4COc4ccc(F)cc4F)OCO3)cc21. The van der Waals surface area contributed by atoms with Gasteiger partial charge in [-0.05, 0) is 43.2 Å². The first kappa shape index (κ1) is 25.8. The predicted octanol–water partition coefficient (Wildman–Crippen LogP) is 3.71. The molecule has 2 fully saturated rings. The first-order valence-corrected chi connectivity index (χ1v) is 13.8. The molecule has 1 aromatic heterocycles. The van der Waals surface area contributed by atoms with Crippen LogP contribution in [0.4, 0.5) is 18.9 Å². The number of Topliss-reactive ketones (excluding diaryl/α,β-unsaturated/α-hetero) is 1. The number of halogens is 3. The summed E-state index contributed by atoms with van der Waals surface area (Å²) < 4.78 is 61.0. The average Bonchev–Trinajstić information content (AvgIpc) is 3.60. The number of carbonyl (C=O) groups is 2. The molecule has 3 aromatic rings. The highest BCUT2D eigenvalue weighted by atomic mass is 32.3. The van der Waals surface area contributed by atoms with Crippen LogP contribution in [0, 0.1) is 11.6 Å². The zero-order valence-corrected chi connectivity index (χ0v) is 21.4. The number of aromatic nitrogens is 3. The van der Waals surface area contributed by atoms with Gasteiger partial charge in [-0.25, -0.2) is 26.2 Å². The van der Waals surface area contributed by atoms with Crippen LogP contribution in [0.3, 0.4) is 0 Å². The lowest BCUT2D eigenvalue weighted by atomic mass is 10.1. The van der Waals surface area contributed by atoms with Crippen molar-refractivity contribution in [3.05, 3.63) is 65.5 Å². The fourth-order valence-electron chi connectivity index (χ4n) is 4.98. The maximum Gasteiger partial charge on any atom is 0.299 e. The lowest BCUT2D eigenvalue weighted by Gasteiger charge is -2.56. The van der Waals surface area contributed by atoms with Gasteiger partial charge < -0.3 is 4.74 Å². The predicted molar refractivity (Wildman–Crippen MR) is 132 cm³/mol. The van der Waals surface area contributed by atoms with E-state index in [1.807, 2.05) is 4.31 Å². The van der Waals surface area contributed by atoms with Crippen LogP contribution in [0.1, 0.15) is 28.9 Å². The first-order chi connectivity index (χ1) is 18.9. The number of carbonyl (C=O) groups excluding carboxylic acids is 2. The summed E-state index contributed by atoms with van der Waals surface area (Å²) >= 11 is 0. The molecule has 0 radical (unpaired) electrons. The maximum atomic E-state index is 14.1. The topological polar surface area (TPSA) is 99.0 Å². The summed E-state index contributed by atoms with van der Waals surface area (Å²) in [4.78, 5) is 27.7. The molecule has 0 bridgehead atoms. The summed E-state index contributed by atoms with van der Waals surface area (Å²) in [6.45, 7) is 0.280. The number of hydrogen-bond acceptors (Lipinski definition) is 8. The van der Waals surface area contributed by atoms with Gasteiger partial charge in [-0.3, -0.25) is 14.5 Å². The van der Waals surface area contributed by atoms with Crippen molar-refractivity contribution in [1.29, 1.82) is 0 Å². The largest absolute Gasteiger partial charge is 0.489 e. The average molecular weight is 564 g/mol. The zero-order chi connectivity index (χ0) is 27.1. The van der Waals surface area contributed by atoms with E-state index < -0.39 is 40.8 Å². The molecule has 6 rings (SSSR count). The molecule has 0 saturated carbocycles. The van der Waals surface area contributed by atoms with E-state index in [1.165, 1.54) is 21.8 Å². The van der Waals surface area contributed by atoms with E-state index in [-0.39, 0.29) is 43.8 Å². The highest BCUT2D eigenvalue weighted by molar-refractivity contribution is 8.24. The Morgan fingerprint density at radius 3 is 2.72 bits per heavy atom. The number of hydrogen-bond donors (Lipinski definition) is 0. The summed E-state index contributed by atoms with van der Waals surface area (Å²) in [5.41, 5.74) is 1.07. The van der Waals surface area contributed by atoms with Gasteiger partial charge in [0, 0.05) is 12.6 Å². The Hall–Kier alpha value is -3.46. The number of nitrogens with zero attached hydrogens (tertiary/aromatic N) is 5. The van der Waals surface area contributed by atoms with Crippen LogP contribution < -0.4 is 9.64 Å². The monoisotopic (exact) mass is 563 g/mol. The standard InChI is InChI=1S/C25H24F3N5O5S/c26-7-9-31-12-17(29-30-31)13-32-22-5-4-19(11-20(22)24(34)25(32)35)39(37-15-38-39)33-8-1-2-18(33)14-36-23-6-3-16(27)10-21(23)28/h3-6,10-12,18H,1-2,7-9,13-15H2. The van der Waals surface area contributed by atoms with Crippen molar-refractivity contribution in [2.45, 2.75) is 36.9 Å². The van der Waals surface area contributed by atoms with Crippen LogP contribution in [-0.2, 0) is 26.3 Å². The van der Waals surface area contributed by atoms with Crippen LogP contribution in [-0.4, -0.2) is 63.7 Å². The van der Waals surface area contributed by atoms with Gasteiger partial charge in [-0.2, -0.15) is 4.31 Å². The van der Waals surface area contributed by atoms with E-state index in [2.05, 4.69) is 10.3 Å². The van der Waals surface area contributed by atoms with Gasteiger partial charge >= 0.3 is 0 Å². The van der Waals surface area contributed by atoms with Gasteiger partial charge in [-0.15, -0.1) is 5.10 Å². The van der Waals surface area contributed by atoms with Gasteiger partial charge in [-0.1, -0.05) is 16.0 Å². The molecule has 39 heavy (non-hydrogen) atoms. The van der Waals surface area contributed by atoms with E-state index in [9.17, 15) is 22.8 Å². The van der Waals surface area contributed by atoms with Gasteiger partial charge in [0.2, 0.25) is 0 Å². The number of rotatable bonds is 9. The molecule has 0 N–H and O–H groups in total. The minimum absolute atomic E-state index is 0.0136. The van der Waals surface area contributed by atoms with Gasteiger partial charge in [0.15, 0.2) is 18.4 Å². The fraction of sp³-hybridized carbons (Fsp3) is 0.360. The summed E-state index contributed by atoms with van der Waals surface area (Å²) in [7, 11) is -2.41. The van der Waals surface area contributed by atoms with Crippen molar-refractivity contribution < 1.29 is 35.9 Å². The summed E-state index contributed by atoms with van der Waals surface area (Å²) in [5.74, 6) is -2.88. The van der Waals surface area contributed by atoms with Crippen molar-refractivity contribution in [3.63, 3.8) is 0 Å². The molecule has 0 spiro atoms. The van der Waals surface area contributed by atoms with E-state index in [0.29, 0.717) is 22.8 Å². The number of ketones is 1.